The summed E-state index contributed by atoms with van der Waals surface area (Å²) in [6, 6.07) is 5.15. The normalized spacial score (nSPS) is 11.9. The van der Waals surface area contributed by atoms with Crippen LogP contribution in [0, 0.1) is 6.92 Å². The summed E-state index contributed by atoms with van der Waals surface area (Å²) in [5.74, 6) is 0.703. The van der Waals surface area contributed by atoms with Crippen LogP contribution in [0.4, 0.5) is 5.69 Å². The van der Waals surface area contributed by atoms with Crippen molar-refractivity contribution in [2.24, 2.45) is 5.73 Å². The summed E-state index contributed by atoms with van der Waals surface area (Å²) >= 11 is 0. The standard InChI is InChI=1S/C10H14N4O2S/c1-7-12-9-3-2-8(6-10(9)13-7)14-17(15,16)5-4-11/h2-3,6,14H,4-5,11H2,1H3,(H,12,13). The van der Waals surface area contributed by atoms with Crippen LogP contribution in [0.3, 0.4) is 0 Å². The highest BCUT2D eigenvalue weighted by Crippen LogP contribution is 2.17. The van der Waals surface area contributed by atoms with Crippen molar-refractivity contribution in [2.75, 3.05) is 17.0 Å². The molecular formula is C10H14N4O2S. The molecule has 1 aromatic heterocycles. The Morgan fingerprint density at radius 1 is 1.47 bits per heavy atom. The number of sulfonamides is 1. The lowest BCUT2D eigenvalue weighted by Gasteiger charge is -2.06. The molecular weight excluding hydrogens is 240 g/mol. The predicted molar refractivity (Wildman–Crippen MR) is 67.3 cm³/mol. The van der Waals surface area contributed by atoms with Crippen molar-refractivity contribution in [1.29, 1.82) is 0 Å². The number of H-pyrrole nitrogens is 1. The molecule has 0 spiro atoms. The second-order valence-electron chi connectivity index (χ2n) is 3.76. The zero-order valence-corrected chi connectivity index (χ0v) is 10.2. The van der Waals surface area contributed by atoms with Gasteiger partial charge in [-0.1, -0.05) is 0 Å². The Kier molecular flexibility index (Phi) is 3.03. The van der Waals surface area contributed by atoms with Gasteiger partial charge in [-0.3, -0.25) is 4.72 Å². The van der Waals surface area contributed by atoms with Gasteiger partial charge in [-0.15, -0.1) is 0 Å². The lowest BCUT2D eigenvalue weighted by Crippen LogP contribution is -2.22. The third kappa shape index (κ3) is 2.75. The van der Waals surface area contributed by atoms with Crippen LogP contribution in [-0.2, 0) is 10.0 Å². The number of nitrogens with zero attached hydrogens (tertiary/aromatic N) is 1. The maximum atomic E-state index is 11.5. The van der Waals surface area contributed by atoms with E-state index in [0.29, 0.717) is 5.69 Å². The molecule has 0 fully saturated rings. The molecule has 0 atom stereocenters. The summed E-state index contributed by atoms with van der Waals surface area (Å²) in [6.07, 6.45) is 0. The third-order valence-electron chi connectivity index (χ3n) is 2.26. The van der Waals surface area contributed by atoms with Gasteiger partial charge in [-0.2, -0.15) is 0 Å². The van der Waals surface area contributed by atoms with E-state index in [-0.39, 0.29) is 12.3 Å². The zero-order chi connectivity index (χ0) is 12.5. The zero-order valence-electron chi connectivity index (χ0n) is 9.40. The SMILES string of the molecule is Cc1nc2ccc(NS(=O)(=O)CCN)cc2[nH]1. The molecule has 0 aliphatic heterocycles. The molecule has 1 heterocycles. The molecule has 0 aliphatic rings. The van der Waals surface area contributed by atoms with Crippen LogP contribution in [0.5, 0.6) is 0 Å². The van der Waals surface area contributed by atoms with Gasteiger partial charge in [0.15, 0.2) is 0 Å². The summed E-state index contributed by atoms with van der Waals surface area (Å²) in [5, 5.41) is 0. The number of fused-ring (bicyclic) bond motifs is 1. The van der Waals surface area contributed by atoms with Gasteiger partial charge in [0.25, 0.3) is 0 Å². The molecule has 0 radical (unpaired) electrons. The number of nitrogens with two attached hydrogens (primary N) is 1. The Morgan fingerprint density at radius 2 is 2.24 bits per heavy atom. The van der Waals surface area contributed by atoms with Crippen LogP contribution >= 0.6 is 0 Å². The Labute approximate surface area is 99.3 Å². The second-order valence-corrected chi connectivity index (χ2v) is 5.61. The van der Waals surface area contributed by atoms with Crippen molar-refractivity contribution < 1.29 is 8.42 Å². The average molecular weight is 254 g/mol. The molecule has 1 aromatic carbocycles. The van der Waals surface area contributed by atoms with E-state index in [9.17, 15) is 8.42 Å². The van der Waals surface area contributed by atoms with E-state index in [2.05, 4.69) is 14.7 Å². The lowest BCUT2D eigenvalue weighted by atomic mass is 10.3. The van der Waals surface area contributed by atoms with Crippen LogP contribution < -0.4 is 10.5 Å². The van der Waals surface area contributed by atoms with Gasteiger partial charge < -0.3 is 10.7 Å². The number of benzene rings is 1. The highest BCUT2D eigenvalue weighted by molar-refractivity contribution is 7.92. The van der Waals surface area contributed by atoms with E-state index in [4.69, 9.17) is 5.73 Å². The van der Waals surface area contributed by atoms with Crippen LogP contribution in [0.2, 0.25) is 0 Å². The highest BCUT2D eigenvalue weighted by Gasteiger charge is 2.09. The lowest BCUT2D eigenvalue weighted by molar-refractivity contribution is 0.601. The van der Waals surface area contributed by atoms with Crippen molar-refractivity contribution in [3.8, 4) is 0 Å². The summed E-state index contributed by atoms with van der Waals surface area (Å²) < 4.78 is 25.5. The molecule has 0 amide bonds. The van der Waals surface area contributed by atoms with Crippen LogP contribution in [0.1, 0.15) is 5.82 Å². The smallest absolute Gasteiger partial charge is 0.233 e. The molecule has 7 heteroatoms. The maximum Gasteiger partial charge on any atom is 0.233 e. The van der Waals surface area contributed by atoms with Crippen molar-refractivity contribution >= 4 is 26.7 Å². The number of imidazole rings is 1. The van der Waals surface area contributed by atoms with E-state index in [1.165, 1.54) is 0 Å². The molecule has 0 aliphatic carbocycles. The Morgan fingerprint density at radius 3 is 2.94 bits per heavy atom. The topological polar surface area (TPSA) is 101 Å². The minimum atomic E-state index is -3.36. The molecule has 2 aromatic rings. The van der Waals surface area contributed by atoms with Gasteiger partial charge in [-0.05, 0) is 25.1 Å². The van der Waals surface area contributed by atoms with Gasteiger partial charge in [-0.25, -0.2) is 13.4 Å². The molecule has 0 saturated carbocycles. The molecule has 2 rings (SSSR count). The Bertz CT molecular complexity index is 633. The second kappa shape index (κ2) is 4.34. The first-order valence-corrected chi connectivity index (χ1v) is 6.82. The first-order chi connectivity index (χ1) is 8.00. The molecule has 4 N–H and O–H groups in total. The summed E-state index contributed by atoms with van der Waals surface area (Å²) in [4.78, 5) is 7.28. The van der Waals surface area contributed by atoms with Crippen molar-refractivity contribution in [3.63, 3.8) is 0 Å². The van der Waals surface area contributed by atoms with E-state index >= 15 is 0 Å². The number of aromatic nitrogens is 2. The number of aromatic amines is 1. The molecule has 0 saturated heterocycles. The van der Waals surface area contributed by atoms with Crippen molar-refractivity contribution in [1.82, 2.24) is 9.97 Å². The minimum absolute atomic E-state index is 0.0902. The van der Waals surface area contributed by atoms with Gasteiger partial charge in [0.2, 0.25) is 10.0 Å². The van der Waals surface area contributed by atoms with Crippen LogP contribution in [0.15, 0.2) is 18.2 Å². The fourth-order valence-corrected chi connectivity index (χ4v) is 2.48. The quantitative estimate of drug-likeness (QED) is 0.742. The number of rotatable bonds is 4. The number of hydrogen-bond donors (Lipinski definition) is 3. The highest BCUT2D eigenvalue weighted by atomic mass is 32.2. The maximum absolute atomic E-state index is 11.5. The fourth-order valence-electron chi connectivity index (χ4n) is 1.59. The van der Waals surface area contributed by atoms with E-state index in [1.54, 1.807) is 18.2 Å². The van der Waals surface area contributed by atoms with E-state index < -0.39 is 10.0 Å². The van der Waals surface area contributed by atoms with E-state index in [1.807, 2.05) is 6.92 Å². The number of anilines is 1. The first kappa shape index (κ1) is 11.9. The Balaban J connectivity index is 2.31. The number of hydrogen-bond acceptors (Lipinski definition) is 4. The number of nitrogens with one attached hydrogen (secondary N) is 2. The van der Waals surface area contributed by atoms with E-state index in [0.717, 1.165) is 16.9 Å². The largest absolute Gasteiger partial charge is 0.342 e. The monoisotopic (exact) mass is 254 g/mol. The summed E-state index contributed by atoms with van der Waals surface area (Å²) in [6.45, 7) is 1.94. The van der Waals surface area contributed by atoms with Crippen molar-refractivity contribution in [3.05, 3.63) is 24.0 Å². The van der Waals surface area contributed by atoms with Gasteiger partial charge >= 0.3 is 0 Å². The third-order valence-corrected chi connectivity index (χ3v) is 3.58. The molecule has 6 nitrogen and oxygen atoms in total. The first-order valence-electron chi connectivity index (χ1n) is 5.17. The molecule has 0 unspecified atom stereocenters. The van der Waals surface area contributed by atoms with Crippen LogP contribution in [-0.4, -0.2) is 30.7 Å². The van der Waals surface area contributed by atoms with Crippen LogP contribution in [0.25, 0.3) is 11.0 Å². The number of aryl methyl sites for hydroxylation is 1. The molecule has 17 heavy (non-hydrogen) atoms. The molecule has 0 bridgehead atoms. The van der Waals surface area contributed by atoms with Gasteiger partial charge in [0.05, 0.1) is 22.5 Å². The predicted octanol–water partition coefficient (Wildman–Crippen LogP) is 0.572. The Hall–Kier alpha value is -1.60. The van der Waals surface area contributed by atoms with Gasteiger partial charge in [0.1, 0.15) is 5.82 Å². The van der Waals surface area contributed by atoms with Crippen molar-refractivity contribution in [2.45, 2.75) is 6.92 Å². The van der Waals surface area contributed by atoms with Gasteiger partial charge in [0, 0.05) is 6.54 Å². The minimum Gasteiger partial charge on any atom is -0.342 e. The summed E-state index contributed by atoms with van der Waals surface area (Å²) in [5.41, 5.74) is 7.35. The fraction of sp³-hybridized carbons (Fsp3) is 0.300. The summed E-state index contributed by atoms with van der Waals surface area (Å²) in [7, 11) is -3.36. The average Bonchev–Trinajstić information content (AvgIpc) is 2.56. The molecule has 92 valence electrons.